The Balaban J connectivity index is 1.15. The summed E-state index contributed by atoms with van der Waals surface area (Å²) in [7, 11) is 3.88. The van der Waals surface area contributed by atoms with Gasteiger partial charge in [-0.1, -0.05) is 30.3 Å². The maximum Gasteiger partial charge on any atom is 0.119 e. The third kappa shape index (κ3) is 4.71. The van der Waals surface area contributed by atoms with Gasteiger partial charge in [0.2, 0.25) is 0 Å². The van der Waals surface area contributed by atoms with Crippen LogP contribution in [-0.2, 0) is 6.42 Å². The minimum absolute atomic E-state index is 0.243. The van der Waals surface area contributed by atoms with Crippen LogP contribution in [-0.4, -0.2) is 52.8 Å². The summed E-state index contributed by atoms with van der Waals surface area (Å²) in [5.41, 5.74) is 4.20. The average Bonchev–Trinajstić information content (AvgIpc) is 3.26. The van der Waals surface area contributed by atoms with Crippen LogP contribution >= 0.6 is 0 Å². The van der Waals surface area contributed by atoms with E-state index in [2.05, 4.69) is 52.3 Å². The predicted octanol–water partition coefficient (Wildman–Crippen LogP) is 5.07. The fraction of sp³-hybridized carbons (Fsp3) is 0.464. The number of aryl methyl sites for hydroxylation is 1. The minimum atomic E-state index is -0.585. The molecule has 1 heterocycles. The highest BCUT2D eigenvalue weighted by molar-refractivity contribution is 5.74. The Kier molecular flexibility index (Phi) is 6.26. The van der Waals surface area contributed by atoms with Crippen molar-refractivity contribution in [2.24, 2.45) is 11.8 Å². The Morgan fingerprint density at radius 3 is 2.82 bits per heavy atom. The lowest BCUT2D eigenvalue weighted by molar-refractivity contribution is -0.0574. The highest BCUT2D eigenvalue weighted by Crippen LogP contribution is 2.51. The molecule has 0 saturated heterocycles. The maximum absolute atomic E-state index is 11.5. The summed E-state index contributed by atoms with van der Waals surface area (Å²) in [6, 6.07) is 16.5. The number of aromatic amines is 1. The molecule has 174 valence electrons. The van der Waals surface area contributed by atoms with E-state index in [0.29, 0.717) is 5.92 Å². The Bertz CT molecular complexity index is 1100. The van der Waals surface area contributed by atoms with E-state index in [0.717, 1.165) is 67.8 Å². The molecule has 6 rings (SSSR count). The Hall–Kier alpha value is -2.63. The second-order valence-electron chi connectivity index (χ2n) is 9.90. The number of nitrogens with zero attached hydrogens (tertiary/aromatic N) is 2. The fourth-order valence-electron chi connectivity index (χ4n) is 5.75. The van der Waals surface area contributed by atoms with E-state index in [-0.39, 0.29) is 5.92 Å². The number of imidazole rings is 1. The number of aromatic nitrogens is 2. The molecule has 0 amide bonds. The van der Waals surface area contributed by atoms with Crippen molar-refractivity contribution >= 4 is 16.6 Å². The largest absolute Gasteiger partial charge is 0.497 e. The van der Waals surface area contributed by atoms with E-state index < -0.39 is 5.60 Å². The van der Waals surface area contributed by atoms with Gasteiger partial charge in [0.25, 0.3) is 0 Å². The van der Waals surface area contributed by atoms with Crippen LogP contribution in [0.2, 0.25) is 0 Å². The van der Waals surface area contributed by atoms with E-state index >= 15 is 0 Å². The van der Waals surface area contributed by atoms with Gasteiger partial charge in [-0.15, -0.1) is 0 Å². The monoisotopic (exact) mass is 445 g/mol. The number of ether oxygens (including phenoxy) is 1. The number of nitrogens with one attached hydrogen (secondary N) is 1. The number of aliphatic hydroxyl groups is 1. The van der Waals surface area contributed by atoms with Crippen molar-refractivity contribution in [1.82, 2.24) is 14.9 Å². The predicted molar refractivity (Wildman–Crippen MR) is 133 cm³/mol. The van der Waals surface area contributed by atoms with Crippen molar-refractivity contribution in [2.45, 2.75) is 44.1 Å². The van der Waals surface area contributed by atoms with Gasteiger partial charge in [-0.2, -0.15) is 0 Å². The highest BCUT2D eigenvalue weighted by Gasteiger charge is 2.46. The molecule has 3 atom stereocenters. The van der Waals surface area contributed by atoms with Gasteiger partial charge < -0.3 is 19.7 Å². The van der Waals surface area contributed by atoms with Crippen LogP contribution in [0.1, 0.15) is 43.5 Å². The van der Waals surface area contributed by atoms with Crippen LogP contribution in [0.3, 0.4) is 0 Å². The molecule has 5 heteroatoms. The Morgan fingerprint density at radius 2 is 2.03 bits per heavy atom. The molecule has 1 saturated carbocycles. The summed E-state index contributed by atoms with van der Waals surface area (Å²) in [5.74, 6) is 2.63. The second kappa shape index (κ2) is 9.32. The lowest BCUT2D eigenvalue weighted by Gasteiger charge is -2.48. The first-order chi connectivity index (χ1) is 16.0. The standard InChI is InChI=1S/C28H35N3O2/c1-31(15-6-11-27-29-25-9-3-4-10-26(25)30-27)16-14-28(32)19-21-12-13-22(28)18-24(21)20-7-5-8-23(17-20)33-2/h3-5,7-10,17-18,21-22,32H,6,11-16,19H2,1-2H3,(H,29,30). The second-order valence-corrected chi connectivity index (χ2v) is 9.90. The molecule has 0 aliphatic heterocycles. The molecular weight excluding hydrogens is 410 g/mol. The molecule has 3 aliphatic carbocycles. The number of H-pyrrole nitrogens is 1. The fourth-order valence-corrected chi connectivity index (χ4v) is 5.75. The summed E-state index contributed by atoms with van der Waals surface area (Å²) in [6.45, 7) is 1.92. The number of benzene rings is 2. The van der Waals surface area contributed by atoms with Gasteiger partial charge in [-0.3, -0.25) is 0 Å². The number of hydrogen-bond donors (Lipinski definition) is 2. The molecular formula is C28H35N3O2. The molecule has 0 spiro atoms. The summed E-state index contributed by atoms with van der Waals surface area (Å²) in [6.07, 6.45) is 8.31. The molecule has 2 bridgehead atoms. The highest BCUT2D eigenvalue weighted by atomic mass is 16.5. The SMILES string of the molecule is COc1cccc(C2=CC3CCC2CC3(O)CCN(C)CCCc2nc3ccccc3[nH]2)c1. The zero-order valence-electron chi connectivity index (χ0n) is 19.8. The lowest BCUT2D eigenvalue weighted by Crippen LogP contribution is -2.48. The van der Waals surface area contributed by atoms with E-state index in [1.54, 1.807) is 7.11 Å². The molecule has 2 N–H and O–H groups in total. The maximum atomic E-state index is 11.5. The van der Waals surface area contributed by atoms with Crippen LogP contribution in [0.15, 0.2) is 54.6 Å². The number of rotatable bonds is 9. The summed E-state index contributed by atoms with van der Waals surface area (Å²) in [4.78, 5) is 10.5. The van der Waals surface area contributed by atoms with Crippen molar-refractivity contribution in [1.29, 1.82) is 0 Å². The first kappa shape index (κ1) is 22.2. The Labute approximate surface area is 196 Å². The minimum Gasteiger partial charge on any atom is -0.497 e. The van der Waals surface area contributed by atoms with E-state index in [1.807, 2.05) is 24.3 Å². The Morgan fingerprint density at radius 1 is 1.15 bits per heavy atom. The van der Waals surface area contributed by atoms with Gasteiger partial charge >= 0.3 is 0 Å². The zero-order valence-corrected chi connectivity index (χ0v) is 19.8. The molecule has 0 radical (unpaired) electrons. The van der Waals surface area contributed by atoms with Crippen LogP contribution in [0.5, 0.6) is 5.75 Å². The summed E-state index contributed by atoms with van der Waals surface area (Å²) < 4.78 is 5.42. The van der Waals surface area contributed by atoms with Crippen molar-refractivity contribution in [3.8, 4) is 5.75 Å². The smallest absolute Gasteiger partial charge is 0.119 e. The van der Waals surface area contributed by atoms with Crippen LogP contribution in [0.25, 0.3) is 16.6 Å². The van der Waals surface area contributed by atoms with Gasteiger partial charge in [-0.25, -0.2) is 4.98 Å². The van der Waals surface area contributed by atoms with Gasteiger partial charge in [0.1, 0.15) is 11.6 Å². The topological polar surface area (TPSA) is 61.4 Å². The van der Waals surface area contributed by atoms with E-state index in [9.17, 15) is 5.11 Å². The lowest BCUT2D eigenvalue weighted by atomic mass is 9.61. The molecule has 3 aromatic rings. The van der Waals surface area contributed by atoms with Crippen LogP contribution in [0.4, 0.5) is 0 Å². The van der Waals surface area contributed by atoms with Gasteiger partial charge in [0.05, 0.1) is 23.7 Å². The van der Waals surface area contributed by atoms with Crippen LogP contribution in [0, 0.1) is 11.8 Å². The van der Waals surface area contributed by atoms with Gasteiger partial charge in [0.15, 0.2) is 0 Å². The molecule has 3 aliphatic rings. The molecule has 1 aromatic heterocycles. The summed E-state index contributed by atoms with van der Waals surface area (Å²) >= 11 is 0. The van der Waals surface area contributed by atoms with Gasteiger partial charge in [0, 0.05) is 18.9 Å². The first-order valence-electron chi connectivity index (χ1n) is 12.2. The number of allylic oxidation sites excluding steroid dienone is 1. The normalized spacial score (nSPS) is 24.4. The van der Waals surface area contributed by atoms with Crippen LogP contribution < -0.4 is 4.74 Å². The number of methoxy groups -OCH3 is 1. The number of para-hydroxylation sites is 2. The third-order valence-corrected chi connectivity index (χ3v) is 7.66. The van der Waals surface area contributed by atoms with Crippen molar-refractivity contribution in [3.63, 3.8) is 0 Å². The van der Waals surface area contributed by atoms with Gasteiger partial charge in [-0.05, 0) is 87.0 Å². The van der Waals surface area contributed by atoms with E-state index in [1.165, 1.54) is 17.6 Å². The zero-order chi connectivity index (χ0) is 22.8. The molecule has 2 aromatic carbocycles. The van der Waals surface area contributed by atoms with Crippen molar-refractivity contribution < 1.29 is 9.84 Å². The molecule has 3 unspecified atom stereocenters. The molecule has 5 nitrogen and oxygen atoms in total. The first-order valence-corrected chi connectivity index (χ1v) is 12.2. The number of fused-ring (bicyclic) bond motifs is 3. The average molecular weight is 446 g/mol. The third-order valence-electron chi connectivity index (χ3n) is 7.66. The summed E-state index contributed by atoms with van der Waals surface area (Å²) in [5, 5.41) is 11.5. The number of hydrogen-bond acceptors (Lipinski definition) is 4. The van der Waals surface area contributed by atoms with E-state index in [4.69, 9.17) is 4.74 Å². The van der Waals surface area contributed by atoms with Crippen molar-refractivity contribution in [2.75, 3.05) is 27.2 Å². The molecule has 1 fully saturated rings. The quantitative estimate of drug-likeness (QED) is 0.483. The van der Waals surface area contributed by atoms with Crippen molar-refractivity contribution in [3.05, 3.63) is 66.0 Å². The molecule has 33 heavy (non-hydrogen) atoms.